The molecule has 1 aliphatic rings. The number of thiazole rings is 1. The summed E-state index contributed by atoms with van der Waals surface area (Å²) in [5, 5.41) is 5.57. The number of carbonyl (C=O) groups is 2. The molecule has 1 aliphatic heterocycles. The smallest absolute Gasteiger partial charge is 0.243 e. The van der Waals surface area contributed by atoms with Gasteiger partial charge in [-0.3, -0.25) is 19.3 Å². The molecular weight excluding hydrogens is 276 g/mol. The molecule has 0 spiro atoms. The zero-order chi connectivity index (χ0) is 14.3. The molecule has 0 bridgehead atoms. The van der Waals surface area contributed by atoms with E-state index in [1.165, 1.54) is 4.88 Å². The van der Waals surface area contributed by atoms with Gasteiger partial charge in [0.1, 0.15) is 0 Å². The summed E-state index contributed by atoms with van der Waals surface area (Å²) < 4.78 is 2.06. The molecule has 2 aromatic rings. The van der Waals surface area contributed by atoms with Crippen LogP contribution in [0.5, 0.6) is 0 Å². The number of carbonyl (C=O) groups excluding carboxylic acids is 2. The van der Waals surface area contributed by atoms with Gasteiger partial charge >= 0.3 is 0 Å². The van der Waals surface area contributed by atoms with Gasteiger partial charge in [0.25, 0.3) is 0 Å². The molecule has 7 heteroatoms. The van der Waals surface area contributed by atoms with E-state index in [4.69, 9.17) is 0 Å². The first-order chi connectivity index (χ1) is 9.54. The first-order valence-corrected chi connectivity index (χ1v) is 7.37. The number of hydrogen-bond acceptors (Lipinski definition) is 5. The normalized spacial score (nSPS) is 19.6. The molecule has 106 valence electrons. The van der Waals surface area contributed by atoms with Gasteiger partial charge in [-0.05, 0) is 20.3 Å². The molecule has 1 atom stereocenters. The summed E-state index contributed by atoms with van der Waals surface area (Å²) in [6, 6.07) is -0.308. The summed E-state index contributed by atoms with van der Waals surface area (Å²) in [5.74, 6) is -0.425. The summed E-state index contributed by atoms with van der Waals surface area (Å²) in [7, 11) is 0. The van der Waals surface area contributed by atoms with E-state index in [9.17, 15) is 9.59 Å². The lowest BCUT2D eigenvalue weighted by atomic mass is 10.1. The van der Waals surface area contributed by atoms with Crippen molar-refractivity contribution in [3.8, 4) is 0 Å². The number of aromatic nitrogens is 2. The van der Waals surface area contributed by atoms with Crippen LogP contribution in [-0.4, -0.2) is 27.2 Å². The molecule has 0 aromatic carbocycles. The Kier molecular flexibility index (Phi) is 3.31. The minimum atomic E-state index is -0.308. The summed E-state index contributed by atoms with van der Waals surface area (Å²) >= 11 is 1.65. The molecule has 1 fully saturated rings. The Labute approximate surface area is 120 Å². The predicted octanol–water partition coefficient (Wildman–Crippen LogP) is 0.907. The highest BCUT2D eigenvalue weighted by Gasteiger charge is 2.26. The van der Waals surface area contributed by atoms with E-state index in [2.05, 4.69) is 26.2 Å². The van der Waals surface area contributed by atoms with Crippen LogP contribution in [0.1, 0.15) is 29.1 Å². The quantitative estimate of drug-likeness (QED) is 0.825. The third-order valence-corrected chi connectivity index (χ3v) is 4.39. The fourth-order valence-electron chi connectivity index (χ4n) is 2.43. The van der Waals surface area contributed by atoms with Crippen molar-refractivity contribution in [2.24, 2.45) is 0 Å². The number of fused-ring (bicyclic) bond motifs is 1. The van der Waals surface area contributed by atoms with Gasteiger partial charge in [0.2, 0.25) is 11.8 Å². The maximum atomic E-state index is 11.7. The molecule has 2 amide bonds. The number of nitrogens with zero attached hydrogens (tertiary/aromatic N) is 2. The van der Waals surface area contributed by atoms with Crippen LogP contribution in [-0.2, 0) is 16.1 Å². The van der Waals surface area contributed by atoms with Gasteiger partial charge in [-0.2, -0.15) is 0 Å². The van der Waals surface area contributed by atoms with Crippen molar-refractivity contribution in [1.82, 2.24) is 20.0 Å². The first-order valence-electron chi connectivity index (χ1n) is 6.55. The van der Waals surface area contributed by atoms with Gasteiger partial charge in [0.05, 0.1) is 17.4 Å². The fraction of sp³-hybridized carbons (Fsp3) is 0.462. The van der Waals surface area contributed by atoms with Gasteiger partial charge in [-0.25, -0.2) is 4.98 Å². The van der Waals surface area contributed by atoms with E-state index in [-0.39, 0.29) is 17.9 Å². The maximum absolute atomic E-state index is 11.7. The van der Waals surface area contributed by atoms with Crippen molar-refractivity contribution < 1.29 is 9.59 Å². The van der Waals surface area contributed by atoms with E-state index in [0.717, 1.165) is 16.3 Å². The Morgan fingerprint density at radius 3 is 3.05 bits per heavy atom. The first kappa shape index (κ1) is 13.3. The van der Waals surface area contributed by atoms with Crippen molar-refractivity contribution >= 4 is 28.1 Å². The van der Waals surface area contributed by atoms with E-state index < -0.39 is 0 Å². The minimum absolute atomic E-state index is 0.190. The number of imidazole rings is 1. The van der Waals surface area contributed by atoms with Crippen LogP contribution in [0.3, 0.4) is 0 Å². The average Bonchev–Trinajstić information content (AvgIpc) is 2.84. The highest BCUT2D eigenvalue weighted by atomic mass is 32.1. The number of rotatable bonds is 3. The van der Waals surface area contributed by atoms with E-state index in [1.54, 1.807) is 11.3 Å². The second-order valence-corrected chi connectivity index (χ2v) is 6.24. The van der Waals surface area contributed by atoms with Crippen molar-refractivity contribution in [2.45, 2.75) is 39.3 Å². The highest BCUT2D eigenvalue weighted by Crippen LogP contribution is 2.20. The largest absolute Gasteiger partial charge is 0.300 e. The predicted molar refractivity (Wildman–Crippen MR) is 75.6 cm³/mol. The average molecular weight is 292 g/mol. The lowest BCUT2D eigenvalue weighted by Gasteiger charge is -2.21. The molecule has 2 aromatic heterocycles. The zero-order valence-electron chi connectivity index (χ0n) is 11.4. The van der Waals surface area contributed by atoms with E-state index in [1.807, 2.05) is 13.8 Å². The van der Waals surface area contributed by atoms with Gasteiger partial charge in [-0.15, -0.1) is 11.3 Å². The number of imide groups is 1. The molecule has 0 radical (unpaired) electrons. The van der Waals surface area contributed by atoms with Crippen LogP contribution in [0.15, 0.2) is 6.20 Å². The van der Waals surface area contributed by atoms with E-state index >= 15 is 0 Å². The minimum Gasteiger partial charge on any atom is -0.300 e. The van der Waals surface area contributed by atoms with Crippen LogP contribution in [0, 0.1) is 13.8 Å². The molecule has 1 unspecified atom stereocenters. The Morgan fingerprint density at radius 1 is 1.50 bits per heavy atom. The molecule has 20 heavy (non-hydrogen) atoms. The molecule has 6 nitrogen and oxygen atoms in total. The number of hydrogen-bond donors (Lipinski definition) is 2. The number of amides is 2. The Hall–Kier alpha value is -1.73. The summed E-state index contributed by atoms with van der Waals surface area (Å²) in [6.45, 7) is 4.58. The standard InChI is InChI=1S/C13H16N4O2S/c1-7-6-17-10(8(2)15-13(17)20-7)5-14-9-3-4-11(18)16-12(9)19/h6,9,14H,3-5H2,1-2H3,(H,16,18,19). The second-order valence-electron chi connectivity index (χ2n) is 5.02. The molecular formula is C13H16N4O2S. The van der Waals surface area contributed by atoms with Crippen LogP contribution >= 0.6 is 11.3 Å². The Balaban J connectivity index is 1.75. The molecule has 2 N–H and O–H groups in total. The third-order valence-electron chi connectivity index (χ3n) is 3.50. The van der Waals surface area contributed by atoms with Crippen LogP contribution in [0.25, 0.3) is 4.96 Å². The zero-order valence-corrected chi connectivity index (χ0v) is 12.2. The fourth-order valence-corrected chi connectivity index (χ4v) is 3.32. The van der Waals surface area contributed by atoms with Crippen LogP contribution < -0.4 is 10.6 Å². The van der Waals surface area contributed by atoms with Crippen LogP contribution in [0.2, 0.25) is 0 Å². The molecule has 3 rings (SSSR count). The highest BCUT2D eigenvalue weighted by molar-refractivity contribution is 7.17. The number of piperidine rings is 1. The third kappa shape index (κ3) is 2.34. The number of nitrogens with one attached hydrogen (secondary N) is 2. The van der Waals surface area contributed by atoms with Gasteiger partial charge in [0.15, 0.2) is 4.96 Å². The molecule has 0 aliphatic carbocycles. The maximum Gasteiger partial charge on any atom is 0.243 e. The van der Waals surface area contributed by atoms with Gasteiger partial charge in [0, 0.05) is 24.0 Å². The van der Waals surface area contributed by atoms with E-state index in [0.29, 0.717) is 19.4 Å². The second kappa shape index (κ2) is 4.99. The SMILES string of the molecule is Cc1cn2c(CNC3CCC(=O)NC3=O)c(C)nc2s1. The van der Waals surface area contributed by atoms with Crippen LogP contribution in [0.4, 0.5) is 0 Å². The summed E-state index contributed by atoms with van der Waals surface area (Å²) in [4.78, 5) is 29.5. The van der Waals surface area contributed by atoms with Crippen molar-refractivity contribution in [1.29, 1.82) is 0 Å². The lowest BCUT2D eigenvalue weighted by Crippen LogP contribution is -2.50. The molecule has 3 heterocycles. The number of aryl methyl sites for hydroxylation is 2. The van der Waals surface area contributed by atoms with Crippen molar-refractivity contribution in [2.75, 3.05) is 0 Å². The molecule has 0 saturated carbocycles. The van der Waals surface area contributed by atoms with Gasteiger partial charge in [-0.1, -0.05) is 0 Å². The summed E-state index contributed by atoms with van der Waals surface area (Å²) in [6.07, 6.45) is 3.00. The van der Waals surface area contributed by atoms with Gasteiger partial charge < -0.3 is 5.32 Å². The van der Waals surface area contributed by atoms with Crippen molar-refractivity contribution in [3.63, 3.8) is 0 Å². The monoisotopic (exact) mass is 292 g/mol. The summed E-state index contributed by atoms with van der Waals surface area (Å²) in [5.41, 5.74) is 2.03. The Bertz CT molecular complexity index is 688. The van der Waals surface area contributed by atoms with Crippen molar-refractivity contribution in [3.05, 3.63) is 22.5 Å². The Morgan fingerprint density at radius 2 is 2.30 bits per heavy atom. The molecule has 1 saturated heterocycles. The lowest BCUT2D eigenvalue weighted by molar-refractivity contribution is -0.134. The topological polar surface area (TPSA) is 75.5 Å².